The fraction of sp³-hybridized carbons (Fsp3) is 0.0309. The molecule has 16 aromatic rings. The lowest BCUT2D eigenvalue weighted by molar-refractivity contribution is 0.768. The second-order valence-electron chi connectivity index (χ2n) is 26.6. The summed E-state index contributed by atoms with van der Waals surface area (Å²) in [6.45, 7) is 0. The molecule has 3 nitrogen and oxygen atoms in total. The Balaban J connectivity index is 0.726. The van der Waals surface area contributed by atoms with Crippen LogP contribution in [-0.2, 0) is 5.41 Å². The molecule has 102 heavy (non-hydrogen) atoms. The zero-order chi connectivity index (χ0) is 68.1. The van der Waals surface area contributed by atoms with Gasteiger partial charge in [0.2, 0.25) is 0 Å². The first-order chi connectivity index (χ1) is 50.4. The average Bonchev–Trinajstić information content (AvgIpc) is 1.53. The molecule has 0 N–H and O–H groups in total. The lowest BCUT2D eigenvalue weighted by Crippen LogP contribution is -2.28. The predicted octanol–water partition coefficient (Wildman–Crippen LogP) is 27.5. The Morgan fingerprint density at radius 1 is 0.304 bits per heavy atom. The van der Waals surface area contributed by atoms with Crippen LogP contribution in [0, 0.1) is 0 Å². The van der Waals surface area contributed by atoms with Gasteiger partial charge in [0.15, 0.2) is 0 Å². The van der Waals surface area contributed by atoms with Gasteiger partial charge in [-0.05, 0) is 216 Å². The molecule has 1 heterocycles. The fourth-order valence-electron chi connectivity index (χ4n) is 15.9. The Morgan fingerprint density at radius 2 is 0.745 bits per heavy atom. The van der Waals surface area contributed by atoms with Crippen LogP contribution in [0.4, 0.5) is 34.1 Å². The Hall–Kier alpha value is -11.9. The minimum absolute atomic E-state index is 0.286. The Kier molecular flexibility index (Phi) is 16.3. The molecule has 1 unspecified atom stereocenters. The van der Waals surface area contributed by atoms with Gasteiger partial charge in [-0.1, -0.05) is 305 Å². The van der Waals surface area contributed by atoms with Gasteiger partial charge < -0.3 is 14.4 Å². The molecule has 0 spiro atoms. The number of aromatic nitrogens is 1. The van der Waals surface area contributed by atoms with E-state index < -0.39 is 5.41 Å². The molecular weight excluding hydrogens is 1370 g/mol. The quantitative estimate of drug-likeness (QED) is 0.101. The van der Waals surface area contributed by atoms with Crippen LogP contribution in [0.25, 0.3) is 94.3 Å². The lowest BCUT2D eigenvalue weighted by Gasteiger charge is -2.34. The fourth-order valence-corrected chi connectivity index (χ4v) is 16.9. The van der Waals surface area contributed by atoms with Crippen molar-refractivity contribution < 1.29 is 0 Å². The highest BCUT2D eigenvalue weighted by Gasteiger charge is 2.46. The van der Waals surface area contributed by atoms with Crippen molar-refractivity contribution in [2.75, 3.05) is 9.80 Å². The number of allylic oxidation sites excluding steroid dienone is 4. The third-order valence-corrected chi connectivity index (χ3v) is 21.9. The average molecular weight is 1430 g/mol. The molecule has 2 aliphatic rings. The van der Waals surface area contributed by atoms with Gasteiger partial charge in [0, 0.05) is 65.5 Å². The number of nitrogens with zero attached hydrogens (tertiary/aromatic N) is 3. The Bertz CT molecular complexity index is 5810. The normalized spacial score (nSPS) is 13.5. The Labute approximate surface area is 612 Å². The van der Waals surface area contributed by atoms with Gasteiger partial charge >= 0.3 is 0 Å². The summed E-state index contributed by atoms with van der Waals surface area (Å²) < 4.78 is 4.64. The molecular formula is C97H67Br2N3. The number of fused-ring (bicyclic) bond motifs is 6. The molecule has 0 aliphatic heterocycles. The maximum Gasteiger partial charge on any atom is 0.0713 e. The van der Waals surface area contributed by atoms with Crippen LogP contribution in [0.1, 0.15) is 40.2 Å². The second-order valence-corrected chi connectivity index (χ2v) is 28.3. The molecule has 0 saturated heterocycles. The summed E-state index contributed by atoms with van der Waals surface area (Å²) >= 11 is 7.59. The van der Waals surface area contributed by atoms with Crippen molar-refractivity contribution >= 4 is 87.8 Å². The van der Waals surface area contributed by atoms with Crippen LogP contribution < -0.4 is 9.80 Å². The summed E-state index contributed by atoms with van der Waals surface area (Å²) in [5.74, 6) is 0.286. The number of rotatable bonds is 15. The van der Waals surface area contributed by atoms with E-state index in [4.69, 9.17) is 0 Å². The van der Waals surface area contributed by atoms with Crippen molar-refractivity contribution in [3.63, 3.8) is 0 Å². The molecule has 2 aliphatic carbocycles. The Morgan fingerprint density at radius 3 is 1.35 bits per heavy atom. The monoisotopic (exact) mass is 1430 g/mol. The van der Waals surface area contributed by atoms with E-state index in [1.807, 2.05) is 0 Å². The van der Waals surface area contributed by atoms with Gasteiger partial charge in [0.05, 0.1) is 16.4 Å². The maximum absolute atomic E-state index is 3.83. The zero-order valence-electron chi connectivity index (χ0n) is 55.8. The minimum atomic E-state index is -0.603. The molecule has 18 rings (SSSR count). The van der Waals surface area contributed by atoms with Crippen molar-refractivity contribution in [3.8, 4) is 72.4 Å². The van der Waals surface area contributed by atoms with Crippen LogP contribution >= 0.6 is 31.9 Å². The van der Waals surface area contributed by atoms with Crippen molar-refractivity contribution in [1.82, 2.24) is 4.57 Å². The predicted molar refractivity (Wildman–Crippen MR) is 436 cm³/mol. The number of hydrogen-bond donors (Lipinski definition) is 0. The van der Waals surface area contributed by atoms with Crippen LogP contribution in [0.5, 0.6) is 0 Å². The number of anilines is 6. The molecule has 0 bridgehead atoms. The summed E-state index contributed by atoms with van der Waals surface area (Å²) in [7, 11) is 0. The summed E-state index contributed by atoms with van der Waals surface area (Å²) in [6.07, 6.45) is 7.69. The molecule has 15 aromatic carbocycles. The number of benzene rings is 15. The topological polar surface area (TPSA) is 11.4 Å². The summed E-state index contributed by atoms with van der Waals surface area (Å²) in [6, 6.07) is 137. The zero-order valence-corrected chi connectivity index (χ0v) is 59.0. The molecule has 484 valence electrons. The van der Waals surface area contributed by atoms with E-state index in [0.717, 1.165) is 99.6 Å². The first kappa shape index (κ1) is 62.4. The van der Waals surface area contributed by atoms with E-state index in [1.54, 1.807) is 0 Å². The van der Waals surface area contributed by atoms with Crippen molar-refractivity contribution in [2.45, 2.75) is 17.8 Å². The van der Waals surface area contributed by atoms with Crippen molar-refractivity contribution in [1.29, 1.82) is 0 Å². The summed E-state index contributed by atoms with van der Waals surface area (Å²) in [4.78, 5) is 4.80. The van der Waals surface area contributed by atoms with E-state index in [0.29, 0.717) is 0 Å². The third kappa shape index (κ3) is 11.3. The van der Waals surface area contributed by atoms with E-state index in [2.05, 4.69) is 435 Å². The van der Waals surface area contributed by atoms with Crippen LogP contribution in [0.15, 0.2) is 397 Å². The number of hydrogen-bond acceptors (Lipinski definition) is 2. The van der Waals surface area contributed by atoms with E-state index in [9.17, 15) is 0 Å². The molecule has 0 radical (unpaired) electrons. The highest BCUT2D eigenvalue weighted by atomic mass is 79.9. The van der Waals surface area contributed by atoms with Gasteiger partial charge in [-0.25, -0.2) is 0 Å². The van der Waals surface area contributed by atoms with Crippen molar-refractivity contribution in [3.05, 3.63) is 425 Å². The smallest absolute Gasteiger partial charge is 0.0713 e. The van der Waals surface area contributed by atoms with Gasteiger partial charge in [-0.15, -0.1) is 0 Å². The van der Waals surface area contributed by atoms with Crippen LogP contribution in [0.3, 0.4) is 0 Å². The molecule has 0 fully saturated rings. The standard InChI is InChI=1S/C97H67Br2N3/c98-79-31-17-24-72(60-79)73-25-18-32-84(61-73)100(80-48-38-68(39-49-80)66-20-5-1-6-21-66)81-52-42-70(43-53-81)75-47-59-96-91(64-75)88-35-14-16-37-95(88)102(96)85-33-19-26-74(62-85)76-46-57-92-89(63-76)90-65-86(56-58-93(90)97(92,77-27-9-3-10-28-77)78-29-11-4-12-30-78)101(82-50-40-69(41-51-82)67-22-7-2-8-23-67)83-54-44-71(45-55-83)87-34-13-15-36-94(87)99/h1-23,25-65,72H,24H2. The maximum atomic E-state index is 3.83. The number of para-hydroxylation sites is 1. The van der Waals surface area contributed by atoms with Crippen molar-refractivity contribution in [2.24, 2.45) is 0 Å². The van der Waals surface area contributed by atoms with Gasteiger partial charge in [0.25, 0.3) is 0 Å². The van der Waals surface area contributed by atoms with Gasteiger partial charge in [-0.2, -0.15) is 0 Å². The van der Waals surface area contributed by atoms with E-state index in [1.165, 1.54) is 72.0 Å². The van der Waals surface area contributed by atoms with Gasteiger partial charge in [0.1, 0.15) is 0 Å². The van der Waals surface area contributed by atoms with E-state index >= 15 is 0 Å². The second kappa shape index (κ2) is 26.7. The highest BCUT2D eigenvalue weighted by molar-refractivity contribution is 9.12. The first-order valence-electron chi connectivity index (χ1n) is 34.9. The molecule has 0 amide bonds. The molecule has 1 aromatic heterocycles. The molecule has 0 saturated carbocycles. The lowest BCUT2D eigenvalue weighted by atomic mass is 9.67. The van der Waals surface area contributed by atoms with E-state index in [-0.39, 0.29) is 5.92 Å². The molecule has 5 heteroatoms. The first-order valence-corrected chi connectivity index (χ1v) is 36.5. The SMILES string of the molecule is BrC1=CC(c2cccc(N(c3ccc(-c4ccccc4)cc3)c3ccc(-c4ccc5c(c4)c4ccccc4n5-c4cccc(-c5ccc6c(c5)-c5cc(N(c7ccc(-c8ccccc8)cc7)c7ccc(-c8ccccc8Br)cc7)ccc5C6(c5ccccc5)c5ccccc5)c4)cc3)c2)CC=C1. The highest BCUT2D eigenvalue weighted by Crippen LogP contribution is 2.58. The summed E-state index contributed by atoms with van der Waals surface area (Å²) in [5.41, 5.74) is 29.6. The number of halogens is 2. The minimum Gasteiger partial charge on any atom is -0.310 e. The molecule has 1 atom stereocenters. The largest absolute Gasteiger partial charge is 0.310 e. The summed E-state index contributed by atoms with van der Waals surface area (Å²) in [5, 5.41) is 2.42. The van der Waals surface area contributed by atoms with Crippen LogP contribution in [0.2, 0.25) is 0 Å². The third-order valence-electron chi connectivity index (χ3n) is 20.7. The van der Waals surface area contributed by atoms with Crippen LogP contribution in [-0.4, -0.2) is 4.57 Å². The van der Waals surface area contributed by atoms with Gasteiger partial charge in [-0.3, -0.25) is 0 Å².